The van der Waals surface area contributed by atoms with E-state index in [0.29, 0.717) is 6.42 Å². The highest BCUT2D eigenvalue weighted by Crippen LogP contribution is 2.26. The Kier molecular flexibility index (Phi) is 3.60. The highest BCUT2D eigenvalue weighted by molar-refractivity contribution is 7.86. The molecule has 0 saturated heterocycles. The lowest BCUT2D eigenvalue weighted by Gasteiger charge is -2.21. The molecule has 0 aliphatic carbocycles. The predicted octanol–water partition coefficient (Wildman–Crippen LogP) is 1.64. The first kappa shape index (κ1) is 13.0. The highest BCUT2D eigenvalue weighted by atomic mass is 32.2. The van der Waals surface area contributed by atoms with E-state index in [1.807, 2.05) is 6.92 Å². The van der Waals surface area contributed by atoms with Crippen LogP contribution in [0.3, 0.4) is 0 Å². The van der Waals surface area contributed by atoms with E-state index in [4.69, 9.17) is 4.18 Å². The lowest BCUT2D eigenvalue weighted by Crippen LogP contribution is -2.19. The van der Waals surface area contributed by atoms with Crippen molar-refractivity contribution < 1.29 is 17.7 Å². The fourth-order valence-electron chi connectivity index (χ4n) is 1.25. The van der Waals surface area contributed by atoms with Crippen LogP contribution in [-0.4, -0.2) is 19.8 Å². The second-order valence-electron chi connectivity index (χ2n) is 3.94. The SMILES string of the molecule is CCC(C)(O)c1ccc(OS(C)(=O)=O)cc1. The first-order chi connectivity index (χ1) is 7.24. The summed E-state index contributed by atoms with van der Waals surface area (Å²) in [6, 6.07) is 6.37. The van der Waals surface area contributed by atoms with Crippen LogP contribution in [0.15, 0.2) is 24.3 Å². The van der Waals surface area contributed by atoms with Crippen molar-refractivity contribution in [3.8, 4) is 5.75 Å². The van der Waals surface area contributed by atoms with Crippen LogP contribution >= 0.6 is 0 Å². The molecule has 0 fully saturated rings. The fourth-order valence-corrected chi connectivity index (χ4v) is 1.71. The molecule has 0 radical (unpaired) electrons. The first-order valence-corrected chi connectivity index (χ1v) is 6.78. The molecule has 5 heteroatoms. The molecule has 0 aliphatic rings. The quantitative estimate of drug-likeness (QED) is 0.818. The number of hydrogen-bond donors (Lipinski definition) is 1. The van der Waals surface area contributed by atoms with Crippen molar-refractivity contribution in [2.75, 3.05) is 6.26 Å². The number of rotatable bonds is 4. The Balaban J connectivity index is 2.92. The average Bonchev–Trinajstić information content (AvgIpc) is 2.16. The maximum Gasteiger partial charge on any atom is 0.306 e. The Morgan fingerprint density at radius 1 is 1.31 bits per heavy atom. The van der Waals surface area contributed by atoms with Crippen LogP contribution in [0.25, 0.3) is 0 Å². The first-order valence-electron chi connectivity index (χ1n) is 4.97. The molecule has 0 saturated carbocycles. The van der Waals surface area contributed by atoms with Crippen molar-refractivity contribution in [3.05, 3.63) is 29.8 Å². The summed E-state index contributed by atoms with van der Waals surface area (Å²) in [5, 5.41) is 9.96. The van der Waals surface area contributed by atoms with Gasteiger partial charge in [0.25, 0.3) is 0 Å². The standard InChI is InChI=1S/C11H16O4S/c1-4-11(2,12)9-5-7-10(8-6-9)15-16(3,13)14/h5-8,12H,4H2,1-3H3. The van der Waals surface area contributed by atoms with Gasteiger partial charge in [-0.3, -0.25) is 0 Å². The molecule has 1 atom stereocenters. The van der Waals surface area contributed by atoms with E-state index in [2.05, 4.69) is 0 Å². The molecule has 16 heavy (non-hydrogen) atoms. The van der Waals surface area contributed by atoms with E-state index in [9.17, 15) is 13.5 Å². The van der Waals surface area contributed by atoms with Crippen LogP contribution < -0.4 is 4.18 Å². The number of benzene rings is 1. The van der Waals surface area contributed by atoms with Crippen LogP contribution in [-0.2, 0) is 15.7 Å². The van der Waals surface area contributed by atoms with Crippen LogP contribution in [0.1, 0.15) is 25.8 Å². The van der Waals surface area contributed by atoms with Crippen LogP contribution in [0.4, 0.5) is 0 Å². The van der Waals surface area contributed by atoms with Crippen molar-refractivity contribution >= 4 is 10.1 Å². The van der Waals surface area contributed by atoms with Crippen molar-refractivity contribution in [3.63, 3.8) is 0 Å². The van der Waals surface area contributed by atoms with Gasteiger partial charge in [0, 0.05) is 0 Å². The molecular weight excluding hydrogens is 228 g/mol. The lowest BCUT2D eigenvalue weighted by atomic mass is 9.93. The van der Waals surface area contributed by atoms with Crippen LogP contribution in [0.2, 0.25) is 0 Å². The van der Waals surface area contributed by atoms with Gasteiger partial charge in [-0.2, -0.15) is 8.42 Å². The van der Waals surface area contributed by atoms with E-state index in [-0.39, 0.29) is 5.75 Å². The second-order valence-corrected chi connectivity index (χ2v) is 5.51. The van der Waals surface area contributed by atoms with E-state index in [1.165, 1.54) is 12.1 Å². The van der Waals surface area contributed by atoms with Crippen molar-refractivity contribution in [1.82, 2.24) is 0 Å². The van der Waals surface area contributed by atoms with Gasteiger partial charge in [0.15, 0.2) is 0 Å². The molecule has 4 nitrogen and oxygen atoms in total. The summed E-state index contributed by atoms with van der Waals surface area (Å²) in [4.78, 5) is 0. The molecule has 1 aromatic rings. The van der Waals surface area contributed by atoms with Gasteiger partial charge in [-0.05, 0) is 31.0 Å². The van der Waals surface area contributed by atoms with Gasteiger partial charge < -0.3 is 9.29 Å². The Morgan fingerprint density at radius 2 is 1.81 bits per heavy atom. The summed E-state index contributed by atoms with van der Waals surface area (Å²) < 4.78 is 26.4. The van der Waals surface area contributed by atoms with Gasteiger partial charge in [-0.25, -0.2) is 0 Å². The zero-order chi connectivity index (χ0) is 12.4. The van der Waals surface area contributed by atoms with E-state index in [1.54, 1.807) is 19.1 Å². The summed E-state index contributed by atoms with van der Waals surface area (Å²) in [7, 11) is -3.49. The molecular formula is C11H16O4S. The summed E-state index contributed by atoms with van der Waals surface area (Å²) in [6.45, 7) is 3.58. The number of aliphatic hydroxyl groups is 1. The highest BCUT2D eigenvalue weighted by Gasteiger charge is 2.20. The molecule has 0 amide bonds. The monoisotopic (exact) mass is 244 g/mol. The molecule has 0 aliphatic heterocycles. The largest absolute Gasteiger partial charge is 0.385 e. The van der Waals surface area contributed by atoms with Crippen molar-refractivity contribution in [2.24, 2.45) is 0 Å². The molecule has 90 valence electrons. The molecule has 0 spiro atoms. The summed E-state index contributed by atoms with van der Waals surface area (Å²) >= 11 is 0. The molecule has 0 aromatic heterocycles. The molecule has 1 aromatic carbocycles. The fraction of sp³-hybridized carbons (Fsp3) is 0.455. The summed E-state index contributed by atoms with van der Waals surface area (Å²) in [5.74, 6) is 0.248. The minimum absolute atomic E-state index is 0.248. The van der Waals surface area contributed by atoms with Gasteiger partial charge in [-0.15, -0.1) is 0 Å². The average molecular weight is 244 g/mol. The zero-order valence-electron chi connectivity index (χ0n) is 9.60. The molecule has 1 unspecified atom stereocenters. The van der Waals surface area contributed by atoms with Gasteiger partial charge in [0.2, 0.25) is 0 Å². The van der Waals surface area contributed by atoms with Gasteiger partial charge in [0.05, 0.1) is 11.9 Å². The predicted molar refractivity (Wildman–Crippen MR) is 61.8 cm³/mol. The minimum atomic E-state index is -3.49. The Hall–Kier alpha value is -1.07. The number of hydrogen-bond acceptors (Lipinski definition) is 4. The Morgan fingerprint density at radius 3 is 2.19 bits per heavy atom. The zero-order valence-corrected chi connectivity index (χ0v) is 10.4. The van der Waals surface area contributed by atoms with E-state index in [0.717, 1.165) is 11.8 Å². The Labute approximate surface area is 96.0 Å². The van der Waals surface area contributed by atoms with Gasteiger partial charge >= 0.3 is 10.1 Å². The molecule has 0 bridgehead atoms. The molecule has 0 heterocycles. The third kappa shape index (κ3) is 3.50. The third-order valence-corrected chi connectivity index (χ3v) is 2.91. The summed E-state index contributed by atoms with van der Waals surface area (Å²) in [5.41, 5.74) is -0.167. The molecule has 1 N–H and O–H groups in total. The van der Waals surface area contributed by atoms with E-state index < -0.39 is 15.7 Å². The molecule has 1 rings (SSSR count). The van der Waals surface area contributed by atoms with Crippen molar-refractivity contribution in [2.45, 2.75) is 25.9 Å². The van der Waals surface area contributed by atoms with Crippen LogP contribution in [0, 0.1) is 0 Å². The van der Waals surface area contributed by atoms with E-state index >= 15 is 0 Å². The normalized spacial score (nSPS) is 15.5. The van der Waals surface area contributed by atoms with Gasteiger partial charge in [0.1, 0.15) is 5.75 Å². The summed E-state index contributed by atoms with van der Waals surface area (Å²) in [6.07, 6.45) is 1.57. The lowest BCUT2D eigenvalue weighted by molar-refractivity contribution is 0.0531. The topological polar surface area (TPSA) is 63.6 Å². The Bertz CT molecular complexity index is 445. The van der Waals surface area contributed by atoms with Gasteiger partial charge in [-0.1, -0.05) is 19.1 Å². The maximum atomic E-state index is 10.9. The smallest absolute Gasteiger partial charge is 0.306 e. The minimum Gasteiger partial charge on any atom is -0.385 e. The third-order valence-electron chi connectivity index (χ3n) is 2.41. The maximum absolute atomic E-state index is 10.9. The second kappa shape index (κ2) is 4.43. The van der Waals surface area contributed by atoms with Crippen LogP contribution in [0.5, 0.6) is 5.75 Å². The van der Waals surface area contributed by atoms with Crippen molar-refractivity contribution in [1.29, 1.82) is 0 Å².